The van der Waals surface area contributed by atoms with Crippen LogP contribution in [0.2, 0.25) is 0 Å². The molecule has 0 amide bonds. The first-order valence-corrected chi connectivity index (χ1v) is 4.82. The standard InChI is InChI=1S/C2H6.2CH3O.2ClH.Ni.Zn/c3*1-2;;;;/h1-2H3;2*1H3;2*1H;;/q;2*-1;;;2*+2/p-2. The van der Waals surface area contributed by atoms with Crippen molar-refractivity contribution in [3.8, 4) is 0 Å². The summed E-state index contributed by atoms with van der Waals surface area (Å²) in [6.45, 7) is 4.00. The average molecular weight is 287 g/mol. The van der Waals surface area contributed by atoms with Crippen LogP contribution in [0.3, 0.4) is 0 Å². The van der Waals surface area contributed by atoms with Gasteiger partial charge < -0.3 is 24.8 Å². The maximum absolute atomic E-state index is 4.66. The van der Waals surface area contributed by atoms with E-state index in [0.29, 0.717) is 0 Å². The minimum Gasteiger partial charge on any atom is -1.00 e. The molecule has 0 heterocycles. The van der Waals surface area contributed by atoms with E-state index in [4.69, 9.17) is 0 Å². The Kier molecular flexibility index (Phi) is 138. The van der Waals surface area contributed by atoms with Crippen molar-refractivity contribution in [3.05, 3.63) is 0 Å². The van der Waals surface area contributed by atoms with Gasteiger partial charge in [0.2, 0.25) is 0 Å². The van der Waals surface area contributed by atoms with Crippen LogP contribution in [0.5, 0.6) is 0 Å². The number of halogens is 2. The van der Waals surface area contributed by atoms with Gasteiger partial charge in [-0.15, -0.1) is 0 Å². The molecule has 0 spiro atoms. The van der Waals surface area contributed by atoms with Crippen molar-refractivity contribution in [2.24, 2.45) is 0 Å². The quantitative estimate of drug-likeness (QED) is 0.475. The van der Waals surface area contributed by atoms with Gasteiger partial charge >= 0.3 is 55.7 Å². The van der Waals surface area contributed by atoms with Gasteiger partial charge in [0.25, 0.3) is 0 Å². The normalized spacial score (nSPS) is 4.00. The predicted octanol–water partition coefficient (Wildman–Crippen LogP) is -4.78. The summed E-state index contributed by atoms with van der Waals surface area (Å²) in [6, 6.07) is 0. The fraction of sp³-hybridized carbons (Fsp3) is 1.00. The third kappa shape index (κ3) is 54.6. The zero-order chi connectivity index (χ0) is 6.12. The van der Waals surface area contributed by atoms with Crippen LogP contribution in [0.25, 0.3) is 0 Å². The smallest absolute Gasteiger partial charge is 1.00 e. The van der Waals surface area contributed by atoms with Crippen LogP contribution >= 0.6 is 0 Å². The Morgan fingerprint density at radius 2 is 1.10 bits per heavy atom. The number of hydrogen-bond acceptors (Lipinski definition) is 2. The van der Waals surface area contributed by atoms with E-state index in [9.17, 15) is 0 Å². The molecule has 66 valence electrons. The van der Waals surface area contributed by atoms with Crippen molar-refractivity contribution in [1.29, 1.82) is 0 Å². The molecule has 10 heavy (non-hydrogen) atoms. The van der Waals surface area contributed by atoms with Gasteiger partial charge in [-0.1, -0.05) is 13.8 Å². The SMILES string of the molecule is CC.C[O][Zn][O]C.[Cl-].[Cl-].[Ni+2]. The van der Waals surface area contributed by atoms with Crippen LogP contribution in [0, 0.1) is 0 Å². The molecule has 0 saturated carbocycles. The molecule has 0 aromatic rings. The van der Waals surface area contributed by atoms with Crippen molar-refractivity contribution in [3.63, 3.8) is 0 Å². The van der Waals surface area contributed by atoms with Crippen LogP contribution < -0.4 is 24.8 Å². The van der Waals surface area contributed by atoms with E-state index in [1.165, 1.54) is 0 Å². The van der Waals surface area contributed by atoms with Crippen LogP contribution in [-0.2, 0) is 41.5 Å². The first kappa shape index (κ1) is 29.9. The fourth-order valence-electron chi connectivity index (χ4n) is 0.118. The van der Waals surface area contributed by atoms with Gasteiger partial charge in [-0.3, -0.25) is 0 Å². The van der Waals surface area contributed by atoms with Crippen molar-refractivity contribution in [2.75, 3.05) is 14.2 Å². The summed E-state index contributed by atoms with van der Waals surface area (Å²) in [5.41, 5.74) is 0. The van der Waals surface area contributed by atoms with Crippen molar-refractivity contribution >= 4 is 0 Å². The van der Waals surface area contributed by atoms with E-state index in [1.807, 2.05) is 13.8 Å². The molecule has 0 rings (SSSR count). The Hall–Kier alpha value is 1.62. The van der Waals surface area contributed by atoms with E-state index in [1.54, 1.807) is 14.2 Å². The maximum Gasteiger partial charge on any atom is 2.00 e. The molecule has 0 aliphatic rings. The Bertz CT molecular complexity index is 28.7. The van der Waals surface area contributed by atoms with E-state index in [2.05, 4.69) is 7.13 Å². The number of hydrogen-bond donors (Lipinski definition) is 0. The predicted molar refractivity (Wildman–Crippen MR) is 25.4 cm³/mol. The van der Waals surface area contributed by atoms with Crippen LogP contribution in [0.4, 0.5) is 0 Å². The first-order valence-electron chi connectivity index (χ1n) is 2.39. The topological polar surface area (TPSA) is 18.5 Å². The molecule has 0 unspecified atom stereocenters. The van der Waals surface area contributed by atoms with E-state index < -0.39 is 17.8 Å². The van der Waals surface area contributed by atoms with Gasteiger partial charge in [0, 0.05) is 0 Å². The summed E-state index contributed by atoms with van der Waals surface area (Å²) >= 11 is -0.903. The minimum absolute atomic E-state index is 0. The van der Waals surface area contributed by atoms with Crippen molar-refractivity contribution in [1.82, 2.24) is 0 Å². The molecule has 0 aromatic heterocycles. The Morgan fingerprint density at radius 3 is 1.10 bits per heavy atom. The molecule has 0 N–H and O–H groups in total. The van der Waals surface area contributed by atoms with Crippen molar-refractivity contribution in [2.45, 2.75) is 13.8 Å². The molecule has 2 nitrogen and oxygen atoms in total. The van der Waals surface area contributed by atoms with Gasteiger partial charge in [0.15, 0.2) is 0 Å². The summed E-state index contributed by atoms with van der Waals surface area (Å²) in [5, 5.41) is 0. The van der Waals surface area contributed by atoms with Crippen LogP contribution in [-0.4, -0.2) is 14.2 Å². The molecule has 0 atom stereocenters. The summed E-state index contributed by atoms with van der Waals surface area (Å²) in [6.07, 6.45) is 0. The molecule has 0 fully saturated rings. The van der Waals surface area contributed by atoms with Crippen molar-refractivity contribution < 1.29 is 66.3 Å². The van der Waals surface area contributed by atoms with Crippen LogP contribution in [0.1, 0.15) is 13.8 Å². The second-order valence-corrected chi connectivity index (χ2v) is 3.61. The van der Waals surface area contributed by atoms with Gasteiger partial charge in [0.05, 0.1) is 0 Å². The molecule has 0 aliphatic heterocycles. The summed E-state index contributed by atoms with van der Waals surface area (Å²) in [7, 11) is 3.34. The molecular formula is C4H12Cl2NiO2Zn. The van der Waals surface area contributed by atoms with E-state index >= 15 is 0 Å². The monoisotopic (exact) mass is 284 g/mol. The van der Waals surface area contributed by atoms with Gasteiger partial charge in [-0.25, -0.2) is 0 Å². The largest absolute Gasteiger partial charge is 2.00 e. The molecule has 0 aliphatic carbocycles. The molecule has 0 radical (unpaired) electrons. The third-order valence-electron chi connectivity index (χ3n) is 0.236. The summed E-state index contributed by atoms with van der Waals surface area (Å²) < 4.78 is 9.31. The summed E-state index contributed by atoms with van der Waals surface area (Å²) in [4.78, 5) is 0. The van der Waals surface area contributed by atoms with E-state index in [-0.39, 0.29) is 41.3 Å². The third-order valence-corrected chi connectivity index (χ3v) is 1.22. The molecule has 6 heteroatoms. The zero-order valence-electron chi connectivity index (χ0n) is 6.60. The summed E-state index contributed by atoms with van der Waals surface area (Å²) in [5.74, 6) is 0. The van der Waals surface area contributed by atoms with Gasteiger partial charge in [0.1, 0.15) is 0 Å². The Labute approximate surface area is 94.0 Å². The average Bonchev–Trinajstić information content (AvgIpc) is 1.75. The first-order chi connectivity index (χ1) is 3.41. The molecular weight excluding hydrogens is 275 g/mol. The number of rotatable bonds is 2. The minimum atomic E-state index is -0.903. The van der Waals surface area contributed by atoms with E-state index in [0.717, 1.165) is 0 Å². The molecule has 0 saturated heterocycles. The molecule has 0 aromatic carbocycles. The fourth-order valence-corrected chi connectivity index (χ4v) is 0.612. The second kappa shape index (κ2) is 46.1. The maximum atomic E-state index is 4.66. The Morgan fingerprint density at radius 1 is 0.900 bits per heavy atom. The van der Waals surface area contributed by atoms with Gasteiger partial charge in [-0.05, 0) is 0 Å². The second-order valence-electron chi connectivity index (χ2n) is 0.695. The Balaban J connectivity index is -0.0000000154. The van der Waals surface area contributed by atoms with Gasteiger partial charge in [-0.2, -0.15) is 0 Å². The van der Waals surface area contributed by atoms with Crippen LogP contribution in [0.15, 0.2) is 0 Å². The zero-order valence-corrected chi connectivity index (χ0v) is 12.1. The molecule has 0 bridgehead atoms.